The first-order valence-corrected chi connectivity index (χ1v) is 10.9. The second-order valence-corrected chi connectivity index (χ2v) is 8.31. The molecule has 9 heteroatoms. The third kappa shape index (κ3) is 4.98. The lowest BCUT2D eigenvalue weighted by molar-refractivity contribution is 0.101. The number of nitrogens with one attached hydrogen (secondary N) is 2. The van der Waals surface area contributed by atoms with Crippen LogP contribution in [-0.2, 0) is 0 Å². The van der Waals surface area contributed by atoms with Gasteiger partial charge in [-0.05, 0) is 66.9 Å². The van der Waals surface area contributed by atoms with Gasteiger partial charge in [-0.1, -0.05) is 11.6 Å². The number of rotatable bonds is 5. The van der Waals surface area contributed by atoms with Crippen LogP contribution in [0.1, 0.15) is 27.1 Å². The Bertz CT molecular complexity index is 1120. The molecule has 158 valence electrons. The van der Waals surface area contributed by atoms with Crippen LogP contribution in [-0.4, -0.2) is 29.1 Å². The molecule has 0 atom stereocenters. The summed E-state index contributed by atoms with van der Waals surface area (Å²) in [5.74, 6) is -0.331. The van der Waals surface area contributed by atoms with Crippen molar-refractivity contribution in [1.82, 2.24) is 4.98 Å². The van der Waals surface area contributed by atoms with Gasteiger partial charge in [0.2, 0.25) is 0 Å². The van der Waals surface area contributed by atoms with Gasteiger partial charge in [-0.3, -0.25) is 14.6 Å². The molecule has 0 bridgehead atoms. The molecule has 1 fully saturated rings. The summed E-state index contributed by atoms with van der Waals surface area (Å²) >= 11 is 7.76. The number of hydrogen-bond acceptors (Lipinski definition) is 5. The lowest BCUT2D eigenvalue weighted by Gasteiger charge is -2.17. The summed E-state index contributed by atoms with van der Waals surface area (Å²) in [6.07, 6.45) is 4.01. The van der Waals surface area contributed by atoms with Gasteiger partial charge < -0.3 is 14.9 Å². The summed E-state index contributed by atoms with van der Waals surface area (Å²) in [4.78, 5) is 28.9. The number of halogens is 2. The minimum absolute atomic E-state index is 0.196. The zero-order valence-corrected chi connectivity index (χ0v) is 17.8. The van der Waals surface area contributed by atoms with Crippen LogP contribution in [0.2, 0.25) is 5.02 Å². The Kier molecular flexibility index (Phi) is 6.39. The van der Waals surface area contributed by atoms with Gasteiger partial charge in [0.05, 0.1) is 22.0 Å². The average Bonchev–Trinajstić information content (AvgIpc) is 3.31. The van der Waals surface area contributed by atoms with E-state index in [9.17, 15) is 14.0 Å². The van der Waals surface area contributed by atoms with E-state index in [0.29, 0.717) is 27.6 Å². The van der Waals surface area contributed by atoms with Crippen molar-refractivity contribution >= 4 is 52.4 Å². The van der Waals surface area contributed by atoms with Gasteiger partial charge in [0.15, 0.2) is 0 Å². The highest BCUT2D eigenvalue weighted by atomic mass is 35.5. The lowest BCUT2D eigenvalue weighted by atomic mass is 10.1. The van der Waals surface area contributed by atoms with Crippen LogP contribution in [0.25, 0.3) is 0 Å². The third-order valence-corrected chi connectivity index (χ3v) is 6.12. The van der Waals surface area contributed by atoms with Gasteiger partial charge >= 0.3 is 0 Å². The number of aromatic nitrogens is 1. The van der Waals surface area contributed by atoms with E-state index < -0.39 is 11.7 Å². The molecule has 2 amide bonds. The van der Waals surface area contributed by atoms with Gasteiger partial charge in [-0.25, -0.2) is 4.39 Å². The predicted octanol–water partition coefficient (Wildman–Crippen LogP) is 5.24. The first-order valence-electron chi connectivity index (χ1n) is 9.53. The topological polar surface area (TPSA) is 74.3 Å². The summed E-state index contributed by atoms with van der Waals surface area (Å²) in [6.45, 7) is 0.783. The summed E-state index contributed by atoms with van der Waals surface area (Å²) in [5.41, 5.74) is 1.79. The molecule has 2 heterocycles. The number of anilines is 3. The molecule has 0 unspecified atom stereocenters. The van der Waals surface area contributed by atoms with Crippen molar-refractivity contribution in [3.05, 3.63) is 82.9 Å². The molecular weight excluding hydrogens is 439 g/mol. The van der Waals surface area contributed by atoms with Gasteiger partial charge in [-0.15, -0.1) is 0 Å². The highest BCUT2D eigenvalue weighted by molar-refractivity contribution is 8.00. The number of carbonyl (C=O) groups excluding carboxylic acids is 2. The second-order valence-electron chi connectivity index (χ2n) is 6.80. The molecular formula is C22H18ClFN4O2S. The lowest BCUT2D eigenvalue weighted by Crippen LogP contribution is -2.15. The van der Waals surface area contributed by atoms with Crippen LogP contribution in [0.3, 0.4) is 0 Å². The van der Waals surface area contributed by atoms with E-state index in [1.54, 1.807) is 60.6 Å². The van der Waals surface area contributed by atoms with Crippen molar-refractivity contribution in [2.45, 2.75) is 6.42 Å². The Labute approximate surface area is 187 Å². The zero-order valence-electron chi connectivity index (χ0n) is 16.3. The van der Waals surface area contributed by atoms with Crippen molar-refractivity contribution in [3.63, 3.8) is 0 Å². The predicted molar refractivity (Wildman–Crippen MR) is 122 cm³/mol. The number of nitrogens with zero attached hydrogens (tertiary/aromatic N) is 2. The fourth-order valence-corrected chi connectivity index (χ4v) is 4.27. The highest BCUT2D eigenvalue weighted by Crippen LogP contribution is 2.31. The van der Waals surface area contributed by atoms with Gasteiger partial charge in [0.1, 0.15) is 5.82 Å². The molecule has 0 aliphatic carbocycles. The van der Waals surface area contributed by atoms with E-state index in [4.69, 9.17) is 11.6 Å². The Morgan fingerprint density at radius 2 is 1.90 bits per heavy atom. The number of carbonyl (C=O) groups is 2. The Balaban J connectivity index is 1.48. The Morgan fingerprint density at radius 3 is 2.61 bits per heavy atom. The maximum Gasteiger partial charge on any atom is 0.257 e. The molecule has 1 saturated heterocycles. The number of hydrogen-bond donors (Lipinski definition) is 2. The van der Waals surface area contributed by atoms with E-state index in [0.717, 1.165) is 18.7 Å². The zero-order chi connectivity index (χ0) is 21.8. The largest absolute Gasteiger partial charge is 0.322 e. The summed E-state index contributed by atoms with van der Waals surface area (Å²) < 4.78 is 16.4. The molecule has 1 aliphatic heterocycles. The maximum atomic E-state index is 14.5. The van der Waals surface area contributed by atoms with Crippen molar-refractivity contribution in [1.29, 1.82) is 0 Å². The van der Waals surface area contributed by atoms with Crippen LogP contribution in [0.15, 0.2) is 60.9 Å². The summed E-state index contributed by atoms with van der Waals surface area (Å²) in [6, 6.07) is 12.4. The van der Waals surface area contributed by atoms with Crippen LogP contribution < -0.4 is 14.9 Å². The number of amides is 2. The summed E-state index contributed by atoms with van der Waals surface area (Å²) in [7, 11) is 0. The van der Waals surface area contributed by atoms with Crippen LogP contribution in [0, 0.1) is 5.82 Å². The van der Waals surface area contributed by atoms with Crippen LogP contribution in [0.4, 0.5) is 21.5 Å². The fourth-order valence-electron chi connectivity index (χ4n) is 3.08. The SMILES string of the molecule is O=C(Nc1ccc(Cl)c(NC(=O)c2cccnc2)c1)c1ccc(N2CCCS2)c(F)c1. The Morgan fingerprint density at radius 1 is 1.06 bits per heavy atom. The molecule has 31 heavy (non-hydrogen) atoms. The number of benzene rings is 2. The highest BCUT2D eigenvalue weighted by Gasteiger charge is 2.19. The quantitative estimate of drug-likeness (QED) is 0.514. The molecule has 1 aromatic heterocycles. The van der Waals surface area contributed by atoms with E-state index in [1.165, 1.54) is 12.3 Å². The molecule has 4 rings (SSSR count). The molecule has 1 aliphatic rings. The van der Waals surface area contributed by atoms with Crippen LogP contribution in [0.5, 0.6) is 0 Å². The van der Waals surface area contributed by atoms with Crippen LogP contribution >= 0.6 is 23.5 Å². The van der Waals surface area contributed by atoms with Crippen molar-refractivity contribution in [3.8, 4) is 0 Å². The molecule has 0 radical (unpaired) electrons. The van der Waals surface area contributed by atoms with Crippen molar-refractivity contribution < 1.29 is 14.0 Å². The summed E-state index contributed by atoms with van der Waals surface area (Å²) in [5, 5.41) is 5.72. The normalized spacial score (nSPS) is 13.2. The minimum atomic E-state index is -0.466. The monoisotopic (exact) mass is 456 g/mol. The smallest absolute Gasteiger partial charge is 0.257 e. The first kappa shape index (κ1) is 21.1. The standard InChI is InChI=1S/C22H18ClFN4O2S/c23-17-6-5-16(12-19(17)27-22(30)15-3-1-8-25-13-15)26-21(29)14-4-7-20(18(24)11-14)28-9-2-10-31-28/h1,3-8,11-13H,2,9-10H2,(H,26,29)(H,27,30). The average molecular weight is 457 g/mol. The van der Waals surface area contributed by atoms with Crippen molar-refractivity contribution in [2.24, 2.45) is 0 Å². The third-order valence-electron chi connectivity index (χ3n) is 4.63. The number of pyridine rings is 1. The minimum Gasteiger partial charge on any atom is -0.322 e. The van der Waals surface area contributed by atoms with E-state index in [2.05, 4.69) is 15.6 Å². The molecule has 2 N–H and O–H groups in total. The van der Waals surface area contributed by atoms with E-state index >= 15 is 0 Å². The molecule has 6 nitrogen and oxygen atoms in total. The Hall–Kier alpha value is -3.10. The first-order chi connectivity index (χ1) is 15.0. The van der Waals surface area contributed by atoms with Gasteiger partial charge in [0.25, 0.3) is 11.8 Å². The molecule has 3 aromatic rings. The maximum absolute atomic E-state index is 14.5. The van der Waals surface area contributed by atoms with E-state index in [1.807, 2.05) is 4.31 Å². The second kappa shape index (κ2) is 9.36. The van der Waals surface area contributed by atoms with Crippen molar-refractivity contribution in [2.75, 3.05) is 27.2 Å². The molecule has 2 aromatic carbocycles. The van der Waals surface area contributed by atoms with Gasteiger partial charge in [-0.2, -0.15) is 0 Å². The molecule has 0 saturated carbocycles. The molecule has 0 spiro atoms. The van der Waals surface area contributed by atoms with E-state index in [-0.39, 0.29) is 11.5 Å². The van der Waals surface area contributed by atoms with Gasteiger partial charge in [0, 0.05) is 35.9 Å². The fraction of sp³-hybridized carbons (Fsp3) is 0.136.